The summed E-state index contributed by atoms with van der Waals surface area (Å²) in [5.74, 6) is -8.32. The number of piperidine rings is 1. The first kappa shape index (κ1) is 32.6. The van der Waals surface area contributed by atoms with E-state index in [2.05, 4.69) is 15.6 Å². The Kier molecular flexibility index (Phi) is 12.0. The van der Waals surface area contributed by atoms with Crippen molar-refractivity contribution in [2.24, 2.45) is 0 Å². The molecule has 214 valence electrons. The highest BCUT2D eigenvalue weighted by atomic mass is 19.4. The van der Waals surface area contributed by atoms with Crippen LogP contribution in [0.5, 0.6) is 0 Å². The van der Waals surface area contributed by atoms with Gasteiger partial charge >= 0.3 is 24.3 Å². The van der Waals surface area contributed by atoms with Crippen molar-refractivity contribution in [3.63, 3.8) is 0 Å². The second-order valence-electron chi connectivity index (χ2n) is 7.66. The number of hydrogen-bond acceptors (Lipinski definition) is 6. The molecule has 0 saturated carbocycles. The number of carboxylic acids is 2. The minimum absolute atomic E-state index is 0.0739. The van der Waals surface area contributed by atoms with Gasteiger partial charge in [0.1, 0.15) is 5.82 Å². The number of alkyl halides is 6. The monoisotopic (exact) mass is 567 g/mol. The van der Waals surface area contributed by atoms with E-state index in [9.17, 15) is 39.5 Å². The van der Waals surface area contributed by atoms with Crippen molar-refractivity contribution in [1.29, 1.82) is 0 Å². The second-order valence-corrected chi connectivity index (χ2v) is 7.66. The van der Waals surface area contributed by atoms with Gasteiger partial charge in [-0.3, -0.25) is 4.90 Å². The Labute approximate surface area is 208 Å². The molecule has 2 heterocycles. The Morgan fingerprint density at radius 2 is 1.45 bits per heavy atom. The van der Waals surface area contributed by atoms with E-state index in [1.807, 2.05) is 22.8 Å². The smallest absolute Gasteiger partial charge is 0.475 e. The molecule has 0 atom stereocenters. The molecule has 9 nitrogen and oxygen atoms in total. The number of nitrogens with zero attached hydrogens (tertiary/aromatic N) is 4. The number of carbonyl (C=O) groups is 2. The van der Waals surface area contributed by atoms with Crippen LogP contribution in [0, 0.1) is 17.5 Å². The Balaban J connectivity index is 0.000000426. The summed E-state index contributed by atoms with van der Waals surface area (Å²) in [6.07, 6.45) is -6.63. The first-order valence-corrected chi connectivity index (χ1v) is 10.5. The van der Waals surface area contributed by atoms with Crippen LogP contribution in [0.3, 0.4) is 0 Å². The Hall–Kier alpha value is -3.41. The molecule has 38 heavy (non-hydrogen) atoms. The third kappa shape index (κ3) is 10.5. The highest BCUT2D eigenvalue weighted by Gasteiger charge is 2.38. The molecule has 0 bridgehead atoms. The molecule has 0 aliphatic carbocycles. The fourth-order valence-electron chi connectivity index (χ4n) is 3.03. The van der Waals surface area contributed by atoms with E-state index < -0.39 is 41.7 Å². The molecule has 18 heteroatoms. The van der Waals surface area contributed by atoms with Crippen molar-refractivity contribution < 1.29 is 59.3 Å². The van der Waals surface area contributed by atoms with Crippen LogP contribution in [0.2, 0.25) is 0 Å². The molecule has 3 N–H and O–H groups in total. The van der Waals surface area contributed by atoms with E-state index in [1.54, 1.807) is 0 Å². The van der Waals surface area contributed by atoms with E-state index in [0.717, 1.165) is 30.7 Å². The molecule has 0 amide bonds. The molecule has 0 unspecified atom stereocenters. The summed E-state index contributed by atoms with van der Waals surface area (Å²) < 4.78 is 106. The second kappa shape index (κ2) is 13.9. The standard InChI is InChI=1S/C16H20F3N5.2C2HF3O2/c1-20-8-11-9-24(22-21-11)12-4-6-23(7-5-12)10-13-14(17)2-3-15(18)16(13)19;2*3-2(4,5)1(6)7/h2-3,9,12,20H,4-8,10H2,1H3;2*(H,6,7). The van der Waals surface area contributed by atoms with Crippen molar-refractivity contribution in [2.45, 2.75) is 44.3 Å². The van der Waals surface area contributed by atoms with Gasteiger partial charge in [0.05, 0.1) is 17.9 Å². The molecule has 1 aliphatic rings. The zero-order chi connectivity index (χ0) is 29.3. The number of aromatic nitrogens is 3. The average molecular weight is 567 g/mol. The first-order valence-electron chi connectivity index (χ1n) is 10.5. The van der Waals surface area contributed by atoms with Gasteiger partial charge in [-0.15, -0.1) is 5.10 Å². The molecule has 1 fully saturated rings. The SMILES string of the molecule is CNCc1cn(C2CCN(Cc3c(F)ccc(F)c3F)CC2)nn1.O=C(O)C(F)(F)F.O=C(O)C(F)(F)F. The summed E-state index contributed by atoms with van der Waals surface area (Å²) in [6, 6.07) is 2.01. The minimum atomic E-state index is -5.08. The maximum Gasteiger partial charge on any atom is 0.490 e. The van der Waals surface area contributed by atoms with Gasteiger partial charge < -0.3 is 15.5 Å². The van der Waals surface area contributed by atoms with E-state index in [-0.39, 0.29) is 18.2 Å². The lowest BCUT2D eigenvalue weighted by Gasteiger charge is -2.31. The quantitative estimate of drug-likeness (QED) is 0.371. The van der Waals surface area contributed by atoms with Gasteiger partial charge in [-0.1, -0.05) is 5.21 Å². The van der Waals surface area contributed by atoms with Crippen LogP contribution in [0.4, 0.5) is 39.5 Å². The van der Waals surface area contributed by atoms with Gasteiger partial charge in [-0.25, -0.2) is 27.4 Å². The van der Waals surface area contributed by atoms with Gasteiger partial charge in [0, 0.05) is 31.7 Å². The Bertz CT molecular complexity index is 1040. The number of halogens is 9. The van der Waals surface area contributed by atoms with Crippen LogP contribution in [-0.4, -0.2) is 74.5 Å². The van der Waals surface area contributed by atoms with Gasteiger partial charge in [-0.2, -0.15) is 26.3 Å². The molecule has 2 aromatic rings. The van der Waals surface area contributed by atoms with Crippen LogP contribution in [0.25, 0.3) is 0 Å². The van der Waals surface area contributed by atoms with Crippen molar-refractivity contribution in [1.82, 2.24) is 25.2 Å². The fraction of sp³-hybridized carbons (Fsp3) is 0.500. The maximum atomic E-state index is 13.8. The zero-order valence-electron chi connectivity index (χ0n) is 19.5. The Morgan fingerprint density at radius 1 is 0.974 bits per heavy atom. The lowest BCUT2D eigenvalue weighted by atomic mass is 10.0. The normalized spacial score (nSPS) is 14.7. The lowest BCUT2D eigenvalue weighted by Crippen LogP contribution is -2.35. The van der Waals surface area contributed by atoms with Crippen molar-refractivity contribution in [2.75, 3.05) is 20.1 Å². The van der Waals surface area contributed by atoms with Crippen molar-refractivity contribution in [3.8, 4) is 0 Å². The predicted octanol–water partition coefficient (Wildman–Crippen LogP) is 3.52. The predicted molar refractivity (Wildman–Crippen MR) is 110 cm³/mol. The van der Waals surface area contributed by atoms with Crippen LogP contribution >= 0.6 is 0 Å². The van der Waals surface area contributed by atoms with Crippen LogP contribution in [-0.2, 0) is 22.7 Å². The summed E-state index contributed by atoms with van der Waals surface area (Å²) >= 11 is 0. The van der Waals surface area contributed by atoms with Crippen molar-refractivity contribution in [3.05, 3.63) is 47.0 Å². The molecule has 1 aliphatic heterocycles. The Morgan fingerprint density at radius 3 is 1.89 bits per heavy atom. The molecule has 1 saturated heterocycles. The summed E-state index contributed by atoms with van der Waals surface area (Å²) in [4.78, 5) is 19.7. The third-order valence-electron chi connectivity index (χ3n) is 4.85. The zero-order valence-corrected chi connectivity index (χ0v) is 19.5. The molecule has 1 aromatic heterocycles. The van der Waals surface area contributed by atoms with Gasteiger partial charge in [0.15, 0.2) is 11.6 Å². The molecule has 0 radical (unpaired) electrons. The van der Waals surface area contributed by atoms with E-state index >= 15 is 0 Å². The van der Waals surface area contributed by atoms with Crippen molar-refractivity contribution >= 4 is 11.9 Å². The summed E-state index contributed by atoms with van der Waals surface area (Å²) in [5, 5.41) is 25.5. The summed E-state index contributed by atoms with van der Waals surface area (Å²) in [5.41, 5.74) is 0.675. The molecule has 3 rings (SSSR count). The topological polar surface area (TPSA) is 121 Å². The third-order valence-corrected chi connectivity index (χ3v) is 4.85. The number of likely N-dealkylation sites (tertiary alicyclic amines) is 1. The average Bonchev–Trinajstić information content (AvgIpc) is 3.28. The summed E-state index contributed by atoms with van der Waals surface area (Å²) in [6.45, 7) is 2.07. The molecular weight excluding hydrogens is 545 g/mol. The molecular formula is C20H22F9N5O4. The van der Waals surface area contributed by atoms with E-state index in [0.29, 0.717) is 19.6 Å². The van der Waals surface area contributed by atoms with Crippen LogP contribution < -0.4 is 5.32 Å². The van der Waals surface area contributed by atoms with E-state index in [1.165, 1.54) is 0 Å². The number of nitrogens with one attached hydrogen (secondary N) is 1. The molecule has 1 aromatic carbocycles. The number of carboxylic acid groups (broad SMARTS) is 2. The lowest BCUT2D eigenvalue weighted by molar-refractivity contribution is -0.193. The fourth-order valence-corrected chi connectivity index (χ4v) is 3.03. The highest BCUT2D eigenvalue weighted by molar-refractivity contribution is 5.73. The number of rotatable bonds is 5. The number of benzene rings is 1. The highest BCUT2D eigenvalue weighted by Crippen LogP contribution is 2.25. The maximum absolute atomic E-state index is 13.8. The van der Waals surface area contributed by atoms with Crippen LogP contribution in [0.1, 0.15) is 30.1 Å². The minimum Gasteiger partial charge on any atom is -0.475 e. The number of hydrogen-bond donors (Lipinski definition) is 3. The first-order chi connectivity index (χ1) is 17.5. The largest absolute Gasteiger partial charge is 0.490 e. The molecule has 0 spiro atoms. The number of aliphatic carboxylic acids is 2. The van der Waals surface area contributed by atoms with E-state index in [4.69, 9.17) is 19.8 Å². The summed E-state index contributed by atoms with van der Waals surface area (Å²) in [7, 11) is 1.85. The van der Waals surface area contributed by atoms with Gasteiger partial charge in [-0.05, 0) is 32.0 Å². The van der Waals surface area contributed by atoms with Gasteiger partial charge in [0.2, 0.25) is 0 Å². The van der Waals surface area contributed by atoms with Gasteiger partial charge in [0.25, 0.3) is 0 Å². The van der Waals surface area contributed by atoms with Crippen LogP contribution in [0.15, 0.2) is 18.3 Å².